The van der Waals surface area contributed by atoms with Crippen LogP contribution in [0.3, 0.4) is 0 Å². The van der Waals surface area contributed by atoms with Crippen LogP contribution in [0.1, 0.15) is 82.1 Å². The second kappa shape index (κ2) is 14.0. The smallest absolute Gasteiger partial charge is 0.265 e. The van der Waals surface area contributed by atoms with E-state index in [4.69, 9.17) is 21.1 Å². The fourth-order valence-corrected chi connectivity index (χ4v) is 9.84. The first-order chi connectivity index (χ1) is 24.9. The highest BCUT2D eigenvalue weighted by atomic mass is 35.5. The van der Waals surface area contributed by atoms with Gasteiger partial charge in [0.15, 0.2) is 5.71 Å². The van der Waals surface area contributed by atoms with Crippen molar-refractivity contribution in [3.63, 3.8) is 0 Å². The minimum absolute atomic E-state index is 0.271. The Hall–Kier alpha value is -3.42. The molecule has 284 valence electrons. The third-order valence-electron chi connectivity index (χ3n) is 11.3. The Morgan fingerprint density at radius 1 is 0.811 bits per heavy atom. The molecule has 0 saturated carbocycles. The van der Waals surface area contributed by atoms with E-state index in [9.17, 15) is 25.9 Å². The van der Waals surface area contributed by atoms with Gasteiger partial charge < -0.3 is 14.4 Å². The standard InChI is InChI=1S/C40H47ClN2O8S2/c1-39(2)30-24-34-28(14-18-50-34)22-32(30)42(16-6-20-52(44,45)46)36(39)12-10-26-8-5-9-27(38(26)41)11-13-37-40(3,4)31-25-35-29(15-19-51-35)23-33(31)43(37)17-7-21-53(47,48)49/h10-13,22-25H,5-9,14-21H2,1-4H3,(H-,44,45,46,47,48,49)/p+1. The average Bonchev–Trinajstić information content (AvgIpc) is 3.81. The van der Waals surface area contributed by atoms with Crippen molar-refractivity contribution < 1.29 is 40.0 Å². The van der Waals surface area contributed by atoms with Gasteiger partial charge in [-0.1, -0.05) is 37.6 Å². The van der Waals surface area contributed by atoms with Gasteiger partial charge in [0.05, 0.1) is 30.1 Å². The molecule has 4 aliphatic heterocycles. The van der Waals surface area contributed by atoms with E-state index in [1.165, 1.54) is 0 Å². The molecule has 7 rings (SSSR count). The molecule has 0 spiro atoms. The van der Waals surface area contributed by atoms with E-state index >= 15 is 0 Å². The van der Waals surface area contributed by atoms with Crippen LogP contribution in [0.25, 0.3) is 0 Å². The van der Waals surface area contributed by atoms with Gasteiger partial charge in [0, 0.05) is 70.9 Å². The van der Waals surface area contributed by atoms with Gasteiger partial charge in [0.2, 0.25) is 5.69 Å². The summed E-state index contributed by atoms with van der Waals surface area (Å²) in [4.78, 5) is 2.17. The maximum Gasteiger partial charge on any atom is 0.265 e. The molecule has 0 radical (unpaired) electrons. The molecule has 0 fully saturated rings. The van der Waals surface area contributed by atoms with E-state index in [0.717, 1.165) is 99.8 Å². The lowest BCUT2D eigenvalue weighted by atomic mass is 9.80. The van der Waals surface area contributed by atoms with E-state index in [2.05, 4.69) is 85.7 Å². The van der Waals surface area contributed by atoms with Gasteiger partial charge in [0.25, 0.3) is 20.2 Å². The van der Waals surface area contributed by atoms with E-state index in [1.54, 1.807) is 0 Å². The zero-order chi connectivity index (χ0) is 37.9. The lowest BCUT2D eigenvalue weighted by Gasteiger charge is -2.27. The predicted octanol–water partition coefficient (Wildman–Crippen LogP) is 7.33. The zero-order valence-corrected chi connectivity index (χ0v) is 33.1. The number of hydrogen-bond donors (Lipinski definition) is 2. The summed E-state index contributed by atoms with van der Waals surface area (Å²) < 4.78 is 79.4. The molecule has 13 heteroatoms. The molecule has 0 saturated heterocycles. The van der Waals surface area contributed by atoms with Crippen molar-refractivity contribution in [2.45, 2.75) is 83.5 Å². The summed E-state index contributed by atoms with van der Waals surface area (Å²) in [6.45, 7) is 10.8. The second-order valence-electron chi connectivity index (χ2n) is 15.6. The highest BCUT2D eigenvalue weighted by Crippen LogP contribution is 2.51. The van der Waals surface area contributed by atoms with Gasteiger partial charge >= 0.3 is 0 Å². The Labute approximate surface area is 318 Å². The molecule has 0 unspecified atom stereocenters. The van der Waals surface area contributed by atoms with E-state index in [-0.39, 0.29) is 24.3 Å². The van der Waals surface area contributed by atoms with Crippen molar-refractivity contribution in [1.29, 1.82) is 0 Å². The summed E-state index contributed by atoms with van der Waals surface area (Å²) in [5.41, 5.74) is 9.81. The maximum atomic E-state index is 11.6. The highest BCUT2D eigenvalue weighted by Gasteiger charge is 2.46. The van der Waals surface area contributed by atoms with Crippen LogP contribution in [0, 0.1) is 0 Å². The number of fused-ring (bicyclic) bond motifs is 4. The first kappa shape index (κ1) is 37.9. The average molecular weight is 784 g/mol. The summed E-state index contributed by atoms with van der Waals surface area (Å²) in [6.07, 6.45) is 13.1. The molecule has 1 aliphatic carbocycles. The van der Waals surface area contributed by atoms with Gasteiger partial charge in [-0.2, -0.15) is 21.4 Å². The maximum absolute atomic E-state index is 11.6. The first-order valence-electron chi connectivity index (χ1n) is 18.4. The van der Waals surface area contributed by atoms with Crippen LogP contribution in [0.2, 0.25) is 0 Å². The van der Waals surface area contributed by atoms with Gasteiger partial charge in [-0.15, -0.1) is 0 Å². The summed E-state index contributed by atoms with van der Waals surface area (Å²) in [7, 11) is -8.19. The molecule has 0 amide bonds. The lowest BCUT2D eigenvalue weighted by molar-refractivity contribution is -0.437. The number of hydrogen-bond acceptors (Lipinski definition) is 7. The molecule has 2 aromatic carbocycles. The largest absolute Gasteiger partial charge is 0.493 e. The minimum atomic E-state index is -4.10. The van der Waals surface area contributed by atoms with Crippen LogP contribution in [-0.2, 0) is 43.9 Å². The van der Waals surface area contributed by atoms with Gasteiger partial charge in [0.1, 0.15) is 18.0 Å². The monoisotopic (exact) mass is 783 g/mol. The van der Waals surface area contributed by atoms with Crippen molar-refractivity contribution in [1.82, 2.24) is 0 Å². The Bertz CT molecular complexity index is 2250. The van der Waals surface area contributed by atoms with Gasteiger partial charge in [-0.25, -0.2) is 0 Å². The Balaban J connectivity index is 1.22. The molecule has 53 heavy (non-hydrogen) atoms. The first-order valence-corrected chi connectivity index (χ1v) is 22.0. The highest BCUT2D eigenvalue weighted by molar-refractivity contribution is 7.86. The number of benzene rings is 2. The van der Waals surface area contributed by atoms with Crippen molar-refractivity contribution in [2.75, 3.05) is 42.7 Å². The van der Waals surface area contributed by atoms with E-state index < -0.39 is 31.1 Å². The number of nitrogens with zero attached hydrogens (tertiary/aromatic N) is 2. The topological polar surface area (TPSA) is 133 Å². The second-order valence-corrected chi connectivity index (χ2v) is 19.2. The summed E-state index contributed by atoms with van der Waals surface area (Å²) in [5, 5.41) is 0.696. The van der Waals surface area contributed by atoms with Gasteiger partial charge in [-0.05, 0) is 86.1 Å². The molecular weight excluding hydrogens is 736 g/mol. The Kier molecular flexibility index (Phi) is 10.0. The summed E-state index contributed by atoms with van der Waals surface area (Å²) in [5.74, 6) is 1.15. The number of allylic oxidation sites excluding steroid dienone is 8. The van der Waals surface area contributed by atoms with Crippen molar-refractivity contribution in [3.05, 3.63) is 92.7 Å². The molecule has 0 atom stereocenters. The molecule has 4 heterocycles. The zero-order valence-electron chi connectivity index (χ0n) is 30.7. The van der Waals surface area contributed by atoms with Gasteiger partial charge in [-0.3, -0.25) is 9.11 Å². The van der Waals surface area contributed by atoms with Crippen LogP contribution in [0.15, 0.2) is 70.4 Å². The van der Waals surface area contributed by atoms with Crippen LogP contribution < -0.4 is 14.4 Å². The van der Waals surface area contributed by atoms with Crippen LogP contribution in [0.4, 0.5) is 11.4 Å². The number of halogens is 1. The van der Waals surface area contributed by atoms with E-state index in [0.29, 0.717) is 31.3 Å². The van der Waals surface area contributed by atoms with Crippen LogP contribution in [-0.4, -0.2) is 74.0 Å². The number of ether oxygens (including phenoxy) is 2. The molecule has 0 aromatic heterocycles. The third-order valence-corrected chi connectivity index (χ3v) is 13.4. The molecule has 0 bridgehead atoms. The molecule has 2 N–H and O–H groups in total. The number of rotatable bonds is 11. The van der Waals surface area contributed by atoms with Crippen LogP contribution >= 0.6 is 11.6 Å². The predicted molar refractivity (Wildman–Crippen MR) is 209 cm³/mol. The SMILES string of the molecule is CC1(C)C(/C=C/C2=C(Cl)C(=C/C=C3\N(CCCS(=O)(=O)O)c4cc5c(cc4C3(C)C)OCC5)/CCC2)=[N+](CCCS(=O)(=O)O)c2cc3c(cc21)OCC3. The Morgan fingerprint density at radius 2 is 1.45 bits per heavy atom. The normalized spacial score (nSPS) is 21.8. The lowest BCUT2D eigenvalue weighted by Crippen LogP contribution is -2.28. The third kappa shape index (κ3) is 7.50. The number of anilines is 1. The minimum Gasteiger partial charge on any atom is -0.493 e. The molecule has 5 aliphatic rings. The quantitative estimate of drug-likeness (QED) is 0.178. The molecule has 10 nitrogen and oxygen atoms in total. The van der Waals surface area contributed by atoms with Crippen molar-refractivity contribution >= 4 is 48.9 Å². The van der Waals surface area contributed by atoms with Crippen LogP contribution in [0.5, 0.6) is 11.5 Å². The van der Waals surface area contributed by atoms with E-state index in [1.807, 2.05) is 0 Å². The molecular formula is C40H48ClN2O8S2+. The summed E-state index contributed by atoms with van der Waals surface area (Å²) in [6, 6.07) is 8.55. The summed E-state index contributed by atoms with van der Waals surface area (Å²) >= 11 is 7.19. The fraction of sp³-hybridized carbons (Fsp3) is 0.475. The van der Waals surface area contributed by atoms with Crippen molar-refractivity contribution in [2.24, 2.45) is 0 Å². The Morgan fingerprint density at radius 3 is 2.13 bits per heavy atom. The molecule has 2 aromatic rings. The fourth-order valence-electron chi connectivity index (χ4n) is 8.54. The van der Waals surface area contributed by atoms with Crippen molar-refractivity contribution in [3.8, 4) is 11.5 Å².